The molecule has 1 atom stereocenters. The predicted molar refractivity (Wildman–Crippen MR) is 69.3 cm³/mol. The third kappa shape index (κ3) is 2.57. The molecule has 0 spiro atoms. The van der Waals surface area contributed by atoms with E-state index in [4.69, 9.17) is 4.52 Å². The van der Waals surface area contributed by atoms with E-state index >= 15 is 0 Å². The fraction of sp³-hybridized carbons (Fsp3) is 0.714. The average molecular weight is 250 g/mol. The number of nitrogens with zero attached hydrogens (tertiary/aromatic N) is 2. The number of carbonyl (C=O) groups excluding carboxylic acids is 1. The molecule has 0 saturated carbocycles. The van der Waals surface area contributed by atoms with Crippen LogP contribution in [0.2, 0.25) is 0 Å². The van der Waals surface area contributed by atoms with Gasteiger partial charge in [-0.15, -0.1) is 0 Å². The van der Waals surface area contributed by atoms with Gasteiger partial charge in [-0.3, -0.25) is 4.79 Å². The van der Waals surface area contributed by atoms with Crippen molar-refractivity contribution in [2.45, 2.75) is 58.9 Å². The number of aryl methyl sites for hydroxylation is 2. The van der Waals surface area contributed by atoms with Gasteiger partial charge in [0.1, 0.15) is 5.76 Å². The number of likely N-dealkylation sites (tertiary alicyclic amines) is 1. The van der Waals surface area contributed by atoms with Crippen molar-refractivity contribution >= 4 is 5.91 Å². The van der Waals surface area contributed by atoms with Gasteiger partial charge in [0.15, 0.2) is 0 Å². The van der Waals surface area contributed by atoms with Gasteiger partial charge in [0.05, 0.1) is 12.1 Å². The Morgan fingerprint density at radius 2 is 2.22 bits per heavy atom. The van der Waals surface area contributed by atoms with Crippen molar-refractivity contribution in [2.24, 2.45) is 0 Å². The van der Waals surface area contributed by atoms with Gasteiger partial charge in [-0.25, -0.2) is 0 Å². The Hall–Kier alpha value is -1.32. The van der Waals surface area contributed by atoms with Gasteiger partial charge in [-0.05, 0) is 39.5 Å². The van der Waals surface area contributed by atoms with Gasteiger partial charge in [-0.1, -0.05) is 12.1 Å². The van der Waals surface area contributed by atoms with Crippen molar-refractivity contribution < 1.29 is 9.32 Å². The molecule has 1 saturated heterocycles. The monoisotopic (exact) mass is 250 g/mol. The lowest BCUT2D eigenvalue weighted by atomic mass is 9.98. The molecular weight excluding hydrogens is 228 g/mol. The Morgan fingerprint density at radius 1 is 1.44 bits per heavy atom. The summed E-state index contributed by atoms with van der Waals surface area (Å²) in [5, 5.41) is 3.91. The number of hydrogen-bond donors (Lipinski definition) is 0. The van der Waals surface area contributed by atoms with Gasteiger partial charge in [0.2, 0.25) is 5.91 Å². The maximum Gasteiger partial charge on any atom is 0.227 e. The standard InChI is InChI=1S/C14H22N2O2/c1-4-12-7-5-6-8-16(12)14(17)9-13-10(2)15-18-11(13)3/h12H,4-9H2,1-3H3. The smallest absolute Gasteiger partial charge is 0.227 e. The Bertz CT molecular complexity index is 406. The first kappa shape index (κ1) is 13.1. The number of carbonyl (C=O) groups is 1. The highest BCUT2D eigenvalue weighted by Crippen LogP contribution is 2.22. The second kappa shape index (κ2) is 5.55. The van der Waals surface area contributed by atoms with Crippen molar-refractivity contribution in [1.29, 1.82) is 0 Å². The molecule has 2 heterocycles. The fourth-order valence-electron chi connectivity index (χ4n) is 2.76. The minimum Gasteiger partial charge on any atom is -0.361 e. The van der Waals surface area contributed by atoms with Crippen LogP contribution < -0.4 is 0 Å². The molecule has 0 N–H and O–H groups in total. The van der Waals surface area contributed by atoms with Crippen LogP contribution >= 0.6 is 0 Å². The third-order valence-corrected chi connectivity index (χ3v) is 3.93. The van der Waals surface area contributed by atoms with Crippen LogP contribution in [-0.4, -0.2) is 28.6 Å². The van der Waals surface area contributed by atoms with Gasteiger partial charge in [0, 0.05) is 18.2 Å². The largest absolute Gasteiger partial charge is 0.361 e. The van der Waals surface area contributed by atoms with E-state index in [0.717, 1.165) is 42.8 Å². The van der Waals surface area contributed by atoms with Crippen LogP contribution in [0.4, 0.5) is 0 Å². The molecule has 4 heteroatoms. The fourth-order valence-corrected chi connectivity index (χ4v) is 2.76. The molecule has 1 fully saturated rings. The second-order valence-electron chi connectivity index (χ2n) is 5.12. The summed E-state index contributed by atoms with van der Waals surface area (Å²) in [5.41, 5.74) is 1.80. The third-order valence-electron chi connectivity index (χ3n) is 3.93. The highest BCUT2D eigenvalue weighted by Gasteiger charge is 2.26. The molecule has 2 rings (SSSR count). The summed E-state index contributed by atoms with van der Waals surface area (Å²) < 4.78 is 5.12. The molecular formula is C14H22N2O2. The molecule has 18 heavy (non-hydrogen) atoms. The van der Waals surface area contributed by atoms with E-state index in [1.54, 1.807) is 0 Å². The Balaban J connectivity index is 2.07. The molecule has 0 radical (unpaired) electrons. The van der Waals surface area contributed by atoms with Crippen LogP contribution in [0.15, 0.2) is 4.52 Å². The molecule has 4 nitrogen and oxygen atoms in total. The van der Waals surface area contributed by atoms with Crippen molar-refractivity contribution in [2.75, 3.05) is 6.54 Å². The molecule has 1 aromatic rings. The first-order valence-corrected chi connectivity index (χ1v) is 6.84. The second-order valence-corrected chi connectivity index (χ2v) is 5.12. The lowest BCUT2D eigenvalue weighted by Crippen LogP contribution is -2.44. The highest BCUT2D eigenvalue weighted by atomic mass is 16.5. The van der Waals surface area contributed by atoms with E-state index in [2.05, 4.69) is 17.0 Å². The summed E-state index contributed by atoms with van der Waals surface area (Å²) in [6.07, 6.45) is 4.99. The first-order valence-electron chi connectivity index (χ1n) is 6.84. The van der Waals surface area contributed by atoms with Crippen molar-refractivity contribution in [1.82, 2.24) is 10.1 Å². The predicted octanol–water partition coefficient (Wildman–Crippen LogP) is 2.63. The van der Waals surface area contributed by atoms with E-state index in [-0.39, 0.29) is 5.91 Å². The number of piperidine rings is 1. The van der Waals surface area contributed by atoms with E-state index < -0.39 is 0 Å². The highest BCUT2D eigenvalue weighted by molar-refractivity contribution is 5.79. The molecule has 1 unspecified atom stereocenters. The minimum absolute atomic E-state index is 0.218. The molecule has 0 aromatic carbocycles. The minimum atomic E-state index is 0.218. The van der Waals surface area contributed by atoms with Crippen LogP contribution in [0.1, 0.15) is 49.6 Å². The quantitative estimate of drug-likeness (QED) is 0.828. The summed E-state index contributed by atoms with van der Waals surface area (Å²) in [7, 11) is 0. The zero-order valence-electron chi connectivity index (χ0n) is 11.5. The molecule has 1 amide bonds. The normalized spacial score (nSPS) is 20.2. The van der Waals surface area contributed by atoms with Crippen molar-refractivity contribution in [3.05, 3.63) is 17.0 Å². The summed E-state index contributed by atoms with van der Waals surface area (Å²) in [6.45, 7) is 6.83. The maximum atomic E-state index is 12.4. The summed E-state index contributed by atoms with van der Waals surface area (Å²) >= 11 is 0. The van der Waals surface area contributed by atoms with E-state index in [9.17, 15) is 4.79 Å². The average Bonchev–Trinajstić information content (AvgIpc) is 2.70. The lowest BCUT2D eigenvalue weighted by Gasteiger charge is -2.35. The SMILES string of the molecule is CCC1CCCCN1C(=O)Cc1c(C)noc1C. The number of aromatic nitrogens is 1. The summed E-state index contributed by atoms with van der Waals surface area (Å²) in [6, 6.07) is 0.423. The van der Waals surface area contributed by atoms with Crippen LogP contribution in [0.3, 0.4) is 0 Å². The maximum absolute atomic E-state index is 12.4. The number of amides is 1. The Labute approximate surface area is 108 Å². The molecule has 1 aliphatic rings. The molecule has 0 aliphatic carbocycles. The number of rotatable bonds is 3. The summed E-state index contributed by atoms with van der Waals surface area (Å²) in [5.74, 6) is 0.988. The topological polar surface area (TPSA) is 46.3 Å². The van der Waals surface area contributed by atoms with E-state index in [1.165, 1.54) is 6.42 Å². The van der Waals surface area contributed by atoms with Gasteiger partial charge in [-0.2, -0.15) is 0 Å². The summed E-state index contributed by atoms with van der Waals surface area (Å²) in [4.78, 5) is 14.4. The molecule has 1 aliphatic heterocycles. The van der Waals surface area contributed by atoms with Gasteiger partial charge in [0.25, 0.3) is 0 Å². The molecule has 0 bridgehead atoms. The van der Waals surface area contributed by atoms with E-state index in [1.807, 2.05) is 13.8 Å². The molecule has 1 aromatic heterocycles. The lowest BCUT2D eigenvalue weighted by molar-refractivity contribution is -0.134. The zero-order chi connectivity index (χ0) is 13.1. The van der Waals surface area contributed by atoms with Crippen LogP contribution in [0.5, 0.6) is 0 Å². The van der Waals surface area contributed by atoms with Crippen LogP contribution in [0, 0.1) is 13.8 Å². The number of hydrogen-bond acceptors (Lipinski definition) is 3. The van der Waals surface area contributed by atoms with Gasteiger partial charge < -0.3 is 9.42 Å². The zero-order valence-corrected chi connectivity index (χ0v) is 11.5. The van der Waals surface area contributed by atoms with Crippen molar-refractivity contribution in [3.8, 4) is 0 Å². The Morgan fingerprint density at radius 3 is 2.83 bits per heavy atom. The van der Waals surface area contributed by atoms with Crippen LogP contribution in [0.25, 0.3) is 0 Å². The molecule has 100 valence electrons. The van der Waals surface area contributed by atoms with E-state index in [0.29, 0.717) is 12.5 Å². The Kier molecular flexibility index (Phi) is 4.04. The van der Waals surface area contributed by atoms with Crippen molar-refractivity contribution in [3.63, 3.8) is 0 Å². The van der Waals surface area contributed by atoms with Gasteiger partial charge >= 0.3 is 0 Å². The van der Waals surface area contributed by atoms with Crippen LogP contribution in [-0.2, 0) is 11.2 Å². The first-order chi connectivity index (χ1) is 8.63.